The lowest BCUT2D eigenvalue weighted by Crippen LogP contribution is -2.29. The number of fused-ring (bicyclic) bond motifs is 2. The smallest absolute Gasteiger partial charge is 0.337 e. The van der Waals surface area contributed by atoms with Gasteiger partial charge in [-0.3, -0.25) is 0 Å². The van der Waals surface area contributed by atoms with Gasteiger partial charge < -0.3 is 14.2 Å². The summed E-state index contributed by atoms with van der Waals surface area (Å²) in [7, 11) is 2.62. The van der Waals surface area contributed by atoms with Crippen molar-refractivity contribution >= 4 is 11.9 Å². The van der Waals surface area contributed by atoms with Crippen molar-refractivity contribution < 1.29 is 23.8 Å². The first kappa shape index (κ1) is 15.7. The molecular weight excluding hydrogens is 296 g/mol. The minimum Gasteiger partial charge on any atom is -0.466 e. The standard InChI is InChI=1S/C18H20O5/c1-21-17(19)14-13-10-12(9-8-11-6-4-3-5-7-11)16(23-13)15(14)18(20)22-2/h3-7,12-13,16H,8-10H2,1-2H3. The molecule has 3 rings (SSSR count). The number of hydrogen-bond acceptors (Lipinski definition) is 5. The highest BCUT2D eigenvalue weighted by atomic mass is 16.5. The van der Waals surface area contributed by atoms with Crippen LogP contribution < -0.4 is 0 Å². The maximum atomic E-state index is 12.1. The van der Waals surface area contributed by atoms with Crippen molar-refractivity contribution in [2.24, 2.45) is 5.92 Å². The molecule has 122 valence electrons. The summed E-state index contributed by atoms with van der Waals surface area (Å²) in [5, 5.41) is 0. The van der Waals surface area contributed by atoms with E-state index in [0.29, 0.717) is 11.1 Å². The second-order valence-corrected chi connectivity index (χ2v) is 5.88. The zero-order valence-corrected chi connectivity index (χ0v) is 13.3. The van der Waals surface area contributed by atoms with Crippen LogP contribution >= 0.6 is 0 Å². The molecule has 5 heteroatoms. The molecule has 0 aliphatic carbocycles. The van der Waals surface area contributed by atoms with Gasteiger partial charge in [-0.2, -0.15) is 0 Å². The average molecular weight is 316 g/mol. The van der Waals surface area contributed by atoms with Crippen LogP contribution in [0.2, 0.25) is 0 Å². The van der Waals surface area contributed by atoms with Gasteiger partial charge >= 0.3 is 11.9 Å². The molecular formula is C18H20O5. The zero-order valence-electron chi connectivity index (χ0n) is 13.3. The number of carbonyl (C=O) groups is 2. The number of methoxy groups -OCH3 is 2. The maximum absolute atomic E-state index is 12.1. The van der Waals surface area contributed by atoms with Crippen LogP contribution in [0.15, 0.2) is 41.5 Å². The molecule has 23 heavy (non-hydrogen) atoms. The first-order valence-electron chi connectivity index (χ1n) is 7.75. The topological polar surface area (TPSA) is 61.8 Å². The van der Waals surface area contributed by atoms with Crippen LogP contribution in [0.5, 0.6) is 0 Å². The fraction of sp³-hybridized carbons (Fsp3) is 0.444. The monoisotopic (exact) mass is 316 g/mol. The lowest BCUT2D eigenvalue weighted by Gasteiger charge is -2.22. The van der Waals surface area contributed by atoms with Crippen molar-refractivity contribution in [1.29, 1.82) is 0 Å². The fourth-order valence-corrected chi connectivity index (χ4v) is 3.51. The molecule has 2 bridgehead atoms. The van der Waals surface area contributed by atoms with Gasteiger partial charge in [0.1, 0.15) is 0 Å². The van der Waals surface area contributed by atoms with E-state index in [0.717, 1.165) is 19.3 Å². The van der Waals surface area contributed by atoms with E-state index >= 15 is 0 Å². The molecule has 1 aromatic rings. The van der Waals surface area contributed by atoms with E-state index in [9.17, 15) is 9.59 Å². The predicted molar refractivity (Wildman–Crippen MR) is 82.6 cm³/mol. The second-order valence-electron chi connectivity index (χ2n) is 5.88. The van der Waals surface area contributed by atoms with Crippen molar-refractivity contribution in [2.45, 2.75) is 31.5 Å². The number of benzene rings is 1. The number of esters is 2. The molecule has 1 aromatic carbocycles. The summed E-state index contributed by atoms with van der Waals surface area (Å²) in [6, 6.07) is 10.2. The molecule has 2 aliphatic rings. The van der Waals surface area contributed by atoms with E-state index in [2.05, 4.69) is 12.1 Å². The highest BCUT2D eigenvalue weighted by Crippen LogP contribution is 2.45. The lowest BCUT2D eigenvalue weighted by molar-refractivity contribution is -0.139. The van der Waals surface area contributed by atoms with Gasteiger partial charge in [-0.05, 0) is 30.7 Å². The maximum Gasteiger partial charge on any atom is 0.337 e. The van der Waals surface area contributed by atoms with Crippen LogP contribution in [0.1, 0.15) is 18.4 Å². The number of aryl methyl sites for hydroxylation is 1. The van der Waals surface area contributed by atoms with E-state index in [1.54, 1.807) is 0 Å². The Morgan fingerprint density at radius 3 is 2.39 bits per heavy atom. The molecule has 2 aliphatic heterocycles. The van der Waals surface area contributed by atoms with E-state index in [1.165, 1.54) is 19.8 Å². The molecule has 1 saturated heterocycles. The van der Waals surface area contributed by atoms with Crippen molar-refractivity contribution in [2.75, 3.05) is 14.2 Å². The van der Waals surface area contributed by atoms with Gasteiger partial charge in [0.05, 0.1) is 37.6 Å². The third kappa shape index (κ3) is 2.88. The molecule has 0 radical (unpaired) electrons. The molecule has 0 amide bonds. The summed E-state index contributed by atoms with van der Waals surface area (Å²) in [5.41, 5.74) is 1.93. The molecule has 0 N–H and O–H groups in total. The quantitative estimate of drug-likeness (QED) is 0.778. The molecule has 0 spiro atoms. The summed E-state index contributed by atoms with van der Waals surface area (Å²) >= 11 is 0. The average Bonchev–Trinajstić information content (AvgIpc) is 3.17. The van der Waals surface area contributed by atoms with Crippen LogP contribution in [-0.2, 0) is 30.2 Å². The van der Waals surface area contributed by atoms with Gasteiger partial charge in [-0.1, -0.05) is 30.3 Å². The molecule has 1 fully saturated rings. The van der Waals surface area contributed by atoms with Crippen LogP contribution in [0.4, 0.5) is 0 Å². The molecule has 3 atom stereocenters. The Morgan fingerprint density at radius 2 is 1.74 bits per heavy atom. The second kappa shape index (κ2) is 6.54. The first-order chi connectivity index (χ1) is 11.2. The van der Waals surface area contributed by atoms with Gasteiger partial charge in [0.2, 0.25) is 0 Å². The first-order valence-corrected chi connectivity index (χ1v) is 7.75. The van der Waals surface area contributed by atoms with Gasteiger partial charge in [-0.15, -0.1) is 0 Å². The summed E-state index contributed by atoms with van der Waals surface area (Å²) in [6.45, 7) is 0. The minimum atomic E-state index is -0.501. The van der Waals surface area contributed by atoms with E-state index in [-0.39, 0.29) is 18.1 Å². The van der Waals surface area contributed by atoms with Crippen molar-refractivity contribution in [1.82, 2.24) is 0 Å². The summed E-state index contributed by atoms with van der Waals surface area (Å²) in [4.78, 5) is 24.0. The predicted octanol–water partition coefficient (Wildman–Crippen LogP) is 2.05. The number of ether oxygens (including phenoxy) is 3. The Kier molecular flexibility index (Phi) is 4.48. The molecule has 5 nitrogen and oxygen atoms in total. The van der Waals surface area contributed by atoms with Crippen LogP contribution in [0.25, 0.3) is 0 Å². The Morgan fingerprint density at radius 1 is 1.09 bits per heavy atom. The Bertz CT molecular complexity index is 634. The van der Waals surface area contributed by atoms with Gasteiger partial charge in [0, 0.05) is 0 Å². The molecule has 0 saturated carbocycles. The summed E-state index contributed by atoms with van der Waals surface area (Å²) in [5.74, 6) is -0.788. The number of hydrogen-bond donors (Lipinski definition) is 0. The SMILES string of the molecule is COC(=O)C1=C(C(=O)OC)C2OC1CC2CCc1ccccc1. The molecule has 3 unspecified atom stereocenters. The third-order valence-electron chi connectivity index (χ3n) is 4.61. The summed E-state index contributed by atoms with van der Waals surface area (Å²) in [6.07, 6.45) is 1.83. The summed E-state index contributed by atoms with van der Waals surface area (Å²) < 4.78 is 15.5. The van der Waals surface area contributed by atoms with Crippen LogP contribution in [0, 0.1) is 5.92 Å². The Labute approximate surface area is 135 Å². The molecule has 2 heterocycles. The minimum absolute atomic E-state index is 0.211. The zero-order chi connectivity index (χ0) is 16.4. The van der Waals surface area contributed by atoms with E-state index in [1.807, 2.05) is 18.2 Å². The highest BCUT2D eigenvalue weighted by molar-refractivity contribution is 6.03. The van der Waals surface area contributed by atoms with E-state index in [4.69, 9.17) is 14.2 Å². The Hall–Kier alpha value is -2.14. The van der Waals surface area contributed by atoms with Crippen LogP contribution in [-0.4, -0.2) is 38.4 Å². The van der Waals surface area contributed by atoms with E-state index < -0.39 is 11.9 Å². The lowest BCUT2D eigenvalue weighted by atomic mass is 9.81. The highest BCUT2D eigenvalue weighted by Gasteiger charge is 2.51. The normalized spacial score (nSPS) is 25.6. The van der Waals surface area contributed by atoms with Gasteiger partial charge in [-0.25, -0.2) is 9.59 Å². The fourth-order valence-electron chi connectivity index (χ4n) is 3.51. The number of rotatable bonds is 5. The van der Waals surface area contributed by atoms with Crippen molar-refractivity contribution in [3.63, 3.8) is 0 Å². The largest absolute Gasteiger partial charge is 0.466 e. The van der Waals surface area contributed by atoms with Crippen LogP contribution in [0.3, 0.4) is 0 Å². The van der Waals surface area contributed by atoms with Crippen molar-refractivity contribution in [3.05, 3.63) is 47.0 Å². The third-order valence-corrected chi connectivity index (χ3v) is 4.61. The van der Waals surface area contributed by atoms with Gasteiger partial charge in [0.25, 0.3) is 0 Å². The Balaban J connectivity index is 1.77. The molecule has 0 aromatic heterocycles. The van der Waals surface area contributed by atoms with Gasteiger partial charge in [0.15, 0.2) is 0 Å². The van der Waals surface area contributed by atoms with Crippen molar-refractivity contribution in [3.8, 4) is 0 Å². The number of carbonyl (C=O) groups excluding carboxylic acids is 2.